The second kappa shape index (κ2) is 14.7. The number of aliphatic hydroxyl groups excluding tert-OH is 1. The lowest BCUT2D eigenvalue weighted by molar-refractivity contribution is -0.253. The second-order valence-electron chi connectivity index (χ2n) is 15.4. The second-order valence-corrected chi connectivity index (χ2v) is 15.4. The van der Waals surface area contributed by atoms with Crippen molar-refractivity contribution in [1.82, 2.24) is 10.2 Å². The van der Waals surface area contributed by atoms with Crippen LogP contribution in [0.3, 0.4) is 0 Å². The summed E-state index contributed by atoms with van der Waals surface area (Å²) in [6.45, 7) is 2.33. The summed E-state index contributed by atoms with van der Waals surface area (Å²) in [5.74, 6) is 2.30. The van der Waals surface area contributed by atoms with Gasteiger partial charge in [-0.15, -0.1) is 0 Å². The molecular weight excluding hydrogens is 622 g/mol. The Labute approximate surface area is 296 Å². The maximum Gasteiger partial charge on any atom is 0.319 e. The summed E-state index contributed by atoms with van der Waals surface area (Å²) < 4.78 is 13.5. The summed E-state index contributed by atoms with van der Waals surface area (Å²) in [7, 11) is 0. The summed E-state index contributed by atoms with van der Waals surface area (Å²) in [4.78, 5) is 15.9. The Bertz CT molecular complexity index is 1650. The van der Waals surface area contributed by atoms with Crippen LogP contribution in [-0.4, -0.2) is 34.2 Å². The molecule has 4 saturated carbocycles. The molecular formula is C43H49N3O4. The summed E-state index contributed by atoms with van der Waals surface area (Å²) in [5.41, 5.74) is 6.00. The molecule has 0 aromatic heterocycles. The number of hydrogen-bond acceptors (Lipinski definition) is 5. The van der Waals surface area contributed by atoms with E-state index in [9.17, 15) is 9.90 Å². The first-order valence-corrected chi connectivity index (χ1v) is 18.5. The van der Waals surface area contributed by atoms with Crippen LogP contribution in [0.1, 0.15) is 85.2 Å². The third-order valence-corrected chi connectivity index (χ3v) is 11.4. The van der Waals surface area contributed by atoms with Crippen molar-refractivity contribution in [3.05, 3.63) is 137 Å². The first kappa shape index (κ1) is 33.2. The van der Waals surface area contributed by atoms with Crippen molar-refractivity contribution in [3.63, 3.8) is 0 Å². The van der Waals surface area contributed by atoms with E-state index >= 15 is 0 Å². The van der Waals surface area contributed by atoms with Gasteiger partial charge in [0.2, 0.25) is 0 Å². The maximum atomic E-state index is 13.4. The zero-order valence-electron chi connectivity index (χ0n) is 28.8. The van der Waals surface area contributed by atoms with Crippen molar-refractivity contribution >= 4 is 11.7 Å². The molecule has 3 N–H and O–H groups in total. The molecule has 0 radical (unpaired) electrons. The predicted octanol–water partition coefficient (Wildman–Crippen LogP) is 8.52. The Morgan fingerprint density at radius 3 is 1.92 bits per heavy atom. The van der Waals surface area contributed by atoms with Crippen LogP contribution >= 0.6 is 0 Å². The molecule has 0 spiro atoms. The summed E-state index contributed by atoms with van der Waals surface area (Å²) >= 11 is 0. The van der Waals surface area contributed by atoms with Gasteiger partial charge in [-0.2, -0.15) is 0 Å². The Morgan fingerprint density at radius 2 is 1.32 bits per heavy atom. The van der Waals surface area contributed by atoms with E-state index in [2.05, 4.69) is 76.2 Å². The average molecular weight is 672 g/mol. The number of urea groups is 1. The van der Waals surface area contributed by atoms with Crippen molar-refractivity contribution < 1.29 is 19.4 Å². The molecule has 260 valence electrons. The molecule has 2 amide bonds. The van der Waals surface area contributed by atoms with Crippen LogP contribution < -0.4 is 10.6 Å². The molecule has 1 saturated heterocycles. The van der Waals surface area contributed by atoms with Crippen molar-refractivity contribution in [2.24, 2.45) is 17.8 Å². The minimum absolute atomic E-state index is 0.00430. The molecule has 0 unspecified atom stereocenters. The highest BCUT2D eigenvalue weighted by Gasteiger charge is 2.51. The number of carbonyl (C=O) groups excluding carboxylic acids is 1. The lowest BCUT2D eigenvalue weighted by atomic mass is 9.53. The number of carbonyl (C=O) groups is 1. The van der Waals surface area contributed by atoms with Crippen molar-refractivity contribution in [2.75, 3.05) is 11.9 Å². The van der Waals surface area contributed by atoms with Gasteiger partial charge in [0, 0.05) is 42.8 Å². The quantitative estimate of drug-likeness (QED) is 0.149. The molecule has 1 aliphatic heterocycles. The third kappa shape index (κ3) is 7.82. The van der Waals surface area contributed by atoms with Crippen LogP contribution in [0.15, 0.2) is 109 Å². The van der Waals surface area contributed by atoms with E-state index in [0.29, 0.717) is 6.42 Å². The van der Waals surface area contributed by atoms with E-state index < -0.39 is 6.29 Å². The number of nitrogens with zero attached hydrogens (tertiary/aromatic N) is 1. The van der Waals surface area contributed by atoms with Gasteiger partial charge in [0.05, 0.1) is 18.8 Å². The van der Waals surface area contributed by atoms with Crippen LogP contribution in [0.2, 0.25) is 0 Å². The van der Waals surface area contributed by atoms with Gasteiger partial charge >= 0.3 is 6.03 Å². The molecule has 7 heteroatoms. The van der Waals surface area contributed by atoms with Gasteiger partial charge < -0.3 is 25.2 Å². The predicted molar refractivity (Wildman–Crippen MR) is 195 cm³/mol. The standard InChI is InChI=1S/C43H49N3O4/c47-29-32-14-16-36(17-15-32)40-22-39(28-46(26-30-8-3-1-4-9-30)27-31-10-5-2-6-11-31)49-41(50-40)37-12-7-13-38(21-37)44-42(48)45-43-23-33-18-34(24-43)20-35(19-33)25-43/h1-17,21,33-35,39-41,47H,18-20,22-29H2,(H2,44,45,48)/t33?,34?,35?,39-,40+,41+,43?/m0/s1. The van der Waals surface area contributed by atoms with E-state index in [1.165, 1.54) is 30.4 Å². The number of hydrogen-bond donors (Lipinski definition) is 3. The lowest BCUT2D eigenvalue weighted by Crippen LogP contribution is -2.60. The zero-order valence-corrected chi connectivity index (χ0v) is 28.8. The number of anilines is 1. The summed E-state index contributed by atoms with van der Waals surface area (Å²) in [5, 5.41) is 16.3. The van der Waals surface area contributed by atoms with Gasteiger partial charge in [-0.05, 0) is 90.7 Å². The molecule has 9 rings (SSSR count). The SMILES string of the molecule is O=C(Nc1cccc([C@@H]2O[C@H](CN(Cc3ccccc3)Cc3ccccc3)C[C@H](c3ccc(CO)cc3)O2)c1)NC12CC3CC(CC(C3)C1)C2. The van der Waals surface area contributed by atoms with Crippen molar-refractivity contribution in [2.45, 2.75) is 88.7 Å². The highest BCUT2D eigenvalue weighted by molar-refractivity contribution is 5.90. The molecule has 50 heavy (non-hydrogen) atoms. The Kier molecular flexibility index (Phi) is 9.74. The van der Waals surface area contributed by atoms with E-state index in [0.717, 1.165) is 79.0 Å². The van der Waals surface area contributed by atoms with Crippen LogP contribution in [0.5, 0.6) is 0 Å². The minimum atomic E-state index is -0.612. The highest BCUT2D eigenvalue weighted by Crippen LogP contribution is 2.55. The zero-order chi connectivity index (χ0) is 33.9. The molecule has 3 atom stereocenters. The van der Waals surface area contributed by atoms with E-state index in [1.807, 2.05) is 48.5 Å². The van der Waals surface area contributed by atoms with Crippen molar-refractivity contribution in [3.8, 4) is 0 Å². The molecule has 1 heterocycles. The van der Waals surface area contributed by atoms with E-state index in [-0.39, 0.29) is 30.4 Å². The maximum absolute atomic E-state index is 13.4. The van der Waals surface area contributed by atoms with Crippen LogP contribution in [0.25, 0.3) is 0 Å². The number of benzene rings is 4. The molecule has 4 aliphatic carbocycles. The molecule has 7 nitrogen and oxygen atoms in total. The number of rotatable bonds is 11. The fraction of sp³-hybridized carbons (Fsp3) is 0.419. The third-order valence-electron chi connectivity index (χ3n) is 11.4. The fourth-order valence-electron chi connectivity index (χ4n) is 9.62. The molecule has 4 bridgehead atoms. The van der Waals surface area contributed by atoms with Gasteiger partial charge in [-0.3, -0.25) is 4.90 Å². The summed E-state index contributed by atoms with van der Waals surface area (Å²) in [6, 6.07) is 37.0. The van der Waals surface area contributed by atoms with Crippen LogP contribution in [0.4, 0.5) is 10.5 Å². The van der Waals surface area contributed by atoms with Gasteiger partial charge in [0.1, 0.15) is 0 Å². The fourth-order valence-corrected chi connectivity index (χ4v) is 9.62. The first-order valence-electron chi connectivity index (χ1n) is 18.5. The van der Waals surface area contributed by atoms with E-state index in [4.69, 9.17) is 9.47 Å². The van der Waals surface area contributed by atoms with Crippen LogP contribution in [-0.2, 0) is 29.2 Å². The Balaban J connectivity index is 1.01. The number of nitrogens with one attached hydrogen (secondary N) is 2. The summed E-state index contributed by atoms with van der Waals surface area (Å²) in [6.07, 6.45) is 7.15. The lowest BCUT2D eigenvalue weighted by Gasteiger charge is -2.56. The number of ether oxygens (including phenoxy) is 2. The molecule has 5 aliphatic rings. The molecule has 4 aromatic rings. The average Bonchev–Trinajstić information content (AvgIpc) is 3.11. The van der Waals surface area contributed by atoms with E-state index in [1.54, 1.807) is 0 Å². The van der Waals surface area contributed by atoms with Gasteiger partial charge in [0.15, 0.2) is 6.29 Å². The highest BCUT2D eigenvalue weighted by atomic mass is 16.7. The van der Waals surface area contributed by atoms with Gasteiger partial charge in [-0.25, -0.2) is 4.79 Å². The van der Waals surface area contributed by atoms with Crippen molar-refractivity contribution in [1.29, 1.82) is 0 Å². The van der Waals surface area contributed by atoms with Crippen LogP contribution in [0, 0.1) is 17.8 Å². The van der Waals surface area contributed by atoms with Gasteiger partial charge in [0.25, 0.3) is 0 Å². The monoisotopic (exact) mass is 671 g/mol. The number of aliphatic hydroxyl groups is 1. The first-order chi connectivity index (χ1) is 24.5. The largest absolute Gasteiger partial charge is 0.392 e. The Hall–Kier alpha value is -4.01. The Morgan fingerprint density at radius 1 is 0.700 bits per heavy atom. The molecule has 4 aromatic carbocycles. The minimum Gasteiger partial charge on any atom is -0.392 e. The van der Waals surface area contributed by atoms with Gasteiger partial charge in [-0.1, -0.05) is 97.1 Å². The molecule has 5 fully saturated rings. The number of amides is 2. The smallest absolute Gasteiger partial charge is 0.319 e. The topological polar surface area (TPSA) is 83.1 Å². The normalized spacial score (nSPS) is 28.4.